The Kier molecular flexibility index (Phi) is 3.39. The molecule has 2 aromatic carbocycles. The summed E-state index contributed by atoms with van der Waals surface area (Å²) in [5, 5.41) is 9.51. The van der Waals surface area contributed by atoms with E-state index >= 15 is 0 Å². The van der Waals surface area contributed by atoms with Crippen molar-refractivity contribution >= 4 is 46.7 Å². The molecule has 0 saturated heterocycles. The van der Waals surface area contributed by atoms with E-state index in [0.29, 0.717) is 5.02 Å². The molecule has 0 aliphatic carbocycles. The maximum Gasteiger partial charge on any atom is 0.335 e. The van der Waals surface area contributed by atoms with E-state index in [2.05, 4.69) is 0 Å². The number of hydrogen-bond donors (Lipinski definition) is 1. The van der Waals surface area contributed by atoms with Crippen molar-refractivity contribution < 1.29 is 19.5 Å². The first-order valence-electron chi connectivity index (χ1n) is 6.11. The second-order valence-corrected chi connectivity index (χ2v) is 5.45. The molecule has 0 aromatic heterocycles. The fourth-order valence-electron chi connectivity index (χ4n) is 2.26. The highest BCUT2D eigenvalue weighted by Gasteiger charge is 2.38. The number of anilines is 1. The van der Waals surface area contributed by atoms with E-state index in [-0.39, 0.29) is 27.4 Å². The van der Waals surface area contributed by atoms with Crippen molar-refractivity contribution in [1.29, 1.82) is 0 Å². The number of carbonyl (C=O) groups is 3. The van der Waals surface area contributed by atoms with Crippen LogP contribution in [-0.4, -0.2) is 22.9 Å². The summed E-state index contributed by atoms with van der Waals surface area (Å²) in [6.45, 7) is 0. The van der Waals surface area contributed by atoms with Crippen LogP contribution in [0.25, 0.3) is 0 Å². The molecule has 0 saturated carbocycles. The molecule has 0 spiro atoms. The van der Waals surface area contributed by atoms with Crippen LogP contribution in [0.4, 0.5) is 5.69 Å². The van der Waals surface area contributed by atoms with Crippen LogP contribution >= 0.6 is 23.2 Å². The topological polar surface area (TPSA) is 74.7 Å². The summed E-state index contributed by atoms with van der Waals surface area (Å²) >= 11 is 11.8. The number of benzene rings is 2. The van der Waals surface area contributed by atoms with Gasteiger partial charge in [-0.1, -0.05) is 23.2 Å². The Hall–Kier alpha value is -2.37. The Bertz CT molecular complexity index is 847. The Morgan fingerprint density at radius 1 is 0.955 bits per heavy atom. The molecule has 2 aromatic rings. The number of aromatic carboxylic acids is 1. The third-order valence-corrected chi connectivity index (χ3v) is 3.82. The summed E-state index contributed by atoms with van der Waals surface area (Å²) in [6, 6.07) is 8.17. The van der Waals surface area contributed by atoms with Crippen molar-refractivity contribution in [2.75, 3.05) is 4.90 Å². The lowest BCUT2D eigenvalue weighted by Crippen LogP contribution is -2.29. The molecule has 7 heteroatoms. The van der Waals surface area contributed by atoms with Gasteiger partial charge in [0.15, 0.2) is 0 Å². The zero-order valence-corrected chi connectivity index (χ0v) is 12.4. The van der Waals surface area contributed by atoms with Crippen LogP contribution in [0.2, 0.25) is 10.0 Å². The first kappa shape index (κ1) is 14.6. The zero-order chi connectivity index (χ0) is 16.0. The van der Waals surface area contributed by atoms with Crippen LogP contribution in [0.15, 0.2) is 36.4 Å². The highest BCUT2D eigenvalue weighted by molar-refractivity contribution is 6.41. The third-order valence-electron chi connectivity index (χ3n) is 3.28. The summed E-state index contributed by atoms with van der Waals surface area (Å²) in [4.78, 5) is 36.7. The van der Waals surface area contributed by atoms with Crippen molar-refractivity contribution in [3.63, 3.8) is 0 Å². The fraction of sp³-hybridized carbons (Fsp3) is 0. The summed E-state index contributed by atoms with van der Waals surface area (Å²) in [7, 11) is 0. The summed E-state index contributed by atoms with van der Waals surface area (Å²) in [5.74, 6) is -2.35. The number of amides is 2. The van der Waals surface area contributed by atoms with E-state index in [1.807, 2.05) is 0 Å². The van der Waals surface area contributed by atoms with Crippen molar-refractivity contribution in [1.82, 2.24) is 0 Å². The number of hydrogen-bond acceptors (Lipinski definition) is 3. The van der Waals surface area contributed by atoms with Gasteiger partial charge in [0.1, 0.15) is 0 Å². The number of nitrogens with zero attached hydrogens (tertiary/aromatic N) is 1. The molecule has 0 fully saturated rings. The predicted molar refractivity (Wildman–Crippen MR) is 81.0 cm³/mol. The first-order valence-corrected chi connectivity index (χ1v) is 6.87. The molecule has 3 rings (SSSR count). The number of carbonyl (C=O) groups excluding carboxylic acids is 2. The Morgan fingerprint density at radius 2 is 1.64 bits per heavy atom. The predicted octanol–water partition coefficient (Wildman–Crippen LogP) is 3.49. The lowest BCUT2D eigenvalue weighted by Gasteiger charge is -2.15. The largest absolute Gasteiger partial charge is 0.478 e. The average molecular weight is 336 g/mol. The van der Waals surface area contributed by atoms with Crippen LogP contribution in [-0.2, 0) is 0 Å². The Labute approximate surface area is 134 Å². The van der Waals surface area contributed by atoms with Crippen LogP contribution < -0.4 is 4.90 Å². The van der Waals surface area contributed by atoms with E-state index in [1.165, 1.54) is 36.4 Å². The van der Waals surface area contributed by atoms with Crippen molar-refractivity contribution in [2.45, 2.75) is 0 Å². The number of carboxylic acid groups (broad SMARTS) is 1. The van der Waals surface area contributed by atoms with Crippen LogP contribution in [0.3, 0.4) is 0 Å². The van der Waals surface area contributed by atoms with Crippen LogP contribution in [0, 0.1) is 0 Å². The molecule has 1 aliphatic rings. The minimum absolute atomic E-state index is 0.0379. The Balaban J connectivity index is 2.12. The maximum atomic E-state index is 12.4. The molecule has 5 nitrogen and oxygen atoms in total. The van der Waals surface area contributed by atoms with Gasteiger partial charge in [-0.05, 0) is 36.4 Å². The first-order chi connectivity index (χ1) is 10.4. The van der Waals surface area contributed by atoms with Gasteiger partial charge in [-0.25, -0.2) is 9.69 Å². The van der Waals surface area contributed by atoms with Gasteiger partial charge < -0.3 is 5.11 Å². The molecule has 1 aliphatic heterocycles. The SMILES string of the molecule is O=C(O)c1ccc2c(c1)C(=O)N(c1ccc(Cl)cc1Cl)C2=O. The van der Waals surface area contributed by atoms with Gasteiger partial charge in [0.25, 0.3) is 11.8 Å². The summed E-state index contributed by atoms with van der Waals surface area (Å²) in [6.07, 6.45) is 0. The van der Waals surface area contributed by atoms with Crippen molar-refractivity contribution in [3.05, 3.63) is 63.1 Å². The molecule has 0 bridgehead atoms. The zero-order valence-electron chi connectivity index (χ0n) is 10.8. The van der Waals surface area contributed by atoms with Gasteiger partial charge in [-0.15, -0.1) is 0 Å². The quantitative estimate of drug-likeness (QED) is 0.852. The standard InChI is InChI=1S/C15H7Cl2NO4/c16-8-2-4-12(11(17)6-8)18-13(19)9-3-1-7(15(21)22)5-10(9)14(18)20/h1-6H,(H,21,22). The van der Waals surface area contributed by atoms with E-state index in [4.69, 9.17) is 28.3 Å². The average Bonchev–Trinajstić information content (AvgIpc) is 2.71. The monoisotopic (exact) mass is 335 g/mol. The number of fused-ring (bicyclic) bond motifs is 1. The third kappa shape index (κ3) is 2.15. The van der Waals surface area contributed by atoms with Gasteiger partial charge in [-0.2, -0.15) is 0 Å². The highest BCUT2D eigenvalue weighted by atomic mass is 35.5. The number of halogens is 2. The normalized spacial score (nSPS) is 13.5. The second-order valence-electron chi connectivity index (χ2n) is 4.61. The molecule has 1 N–H and O–H groups in total. The van der Waals surface area contributed by atoms with Crippen LogP contribution in [0.1, 0.15) is 31.1 Å². The van der Waals surface area contributed by atoms with Crippen molar-refractivity contribution in [2.24, 2.45) is 0 Å². The number of rotatable bonds is 2. The minimum Gasteiger partial charge on any atom is -0.478 e. The number of carboxylic acids is 1. The second kappa shape index (κ2) is 5.12. The fourth-order valence-corrected chi connectivity index (χ4v) is 2.75. The van der Waals surface area contributed by atoms with E-state index < -0.39 is 17.8 Å². The van der Waals surface area contributed by atoms with E-state index in [0.717, 1.165) is 4.90 Å². The Morgan fingerprint density at radius 3 is 2.27 bits per heavy atom. The maximum absolute atomic E-state index is 12.4. The summed E-state index contributed by atoms with van der Waals surface area (Å²) in [5.41, 5.74) is 0.315. The van der Waals surface area contributed by atoms with Gasteiger partial charge in [0.05, 0.1) is 27.4 Å². The molecular formula is C15H7Cl2NO4. The molecule has 1 heterocycles. The van der Waals surface area contributed by atoms with E-state index in [9.17, 15) is 14.4 Å². The molecular weight excluding hydrogens is 329 g/mol. The molecule has 2 amide bonds. The smallest absolute Gasteiger partial charge is 0.335 e. The molecule has 0 unspecified atom stereocenters. The van der Waals surface area contributed by atoms with Gasteiger partial charge >= 0.3 is 5.97 Å². The molecule has 0 radical (unpaired) electrons. The minimum atomic E-state index is -1.17. The lowest BCUT2D eigenvalue weighted by atomic mass is 10.1. The van der Waals surface area contributed by atoms with Crippen LogP contribution in [0.5, 0.6) is 0 Å². The highest BCUT2D eigenvalue weighted by Crippen LogP contribution is 2.35. The molecule has 110 valence electrons. The summed E-state index contributed by atoms with van der Waals surface area (Å²) < 4.78 is 0. The van der Waals surface area contributed by atoms with Gasteiger partial charge in [0.2, 0.25) is 0 Å². The van der Waals surface area contributed by atoms with E-state index in [1.54, 1.807) is 0 Å². The van der Waals surface area contributed by atoms with Gasteiger partial charge in [0, 0.05) is 5.02 Å². The van der Waals surface area contributed by atoms with Gasteiger partial charge in [-0.3, -0.25) is 9.59 Å². The molecule has 22 heavy (non-hydrogen) atoms. The van der Waals surface area contributed by atoms with Crippen molar-refractivity contribution in [3.8, 4) is 0 Å². The molecule has 0 atom stereocenters. The lowest BCUT2D eigenvalue weighted by molar-refractivity contribution is 0.0696. The number of imide groups is 1.